The Labute approximate surface area is 258 Å². The zero-order valence-electron chi connectivity index (χ0n) is 26.5. The minimum absolute atomic E-state index is 0.0560. The first-order valence-electron chi connectivity index (χ1n) is 14.1. The van der Waals surface area contributed by atoms with E-state index in [1.165, 1.54) is 17.6 Å². The van der Waals surface area contributed by atoms with Gasteiger partial charge in [-0.15, -0.1) is 24.9 Å². The first-order chi connectivity index (χ1) is 20.0. The molecule has 1 unspecified atom stereocenters. The van der Waals surface area contributed by atoms with E-state index in [1.54, 1.807) is 11.8 Å². The van der Waals surface area contributed by atoms with Gasteiger partial charge >= 0.3 is 6.09 Å². The summed E-state index contributed by atoms with van der Waals surface area (Å²) in [7, 11) is 1.33. The van der Waals surface area contributed by atoms with E-state index in [9.17, 15) is 9.59 Å². The van der Waals surface area contributed by atoms with Crippen LogP contribution in [0.5, 0.6) is 0 Å². The Kier molecular flexibility index (Phi) is 21.1. The molecule has 0 heterocycles. The van der Waals surface area contributed by atoms with Gasteiger partial charge in [-0.05, 0) is 44.0 Å². The highest BCUT2D eigenvalue weighted by molar-refractivity contribution is 7.99. The number of methoxy groups -OCH3 is 1. The maximum absolute atomic E-state index is 12.1. The molecule has 0 fully saturated rings. The number of nitrogens with one attached hydrogen (secondary N) is 1. The van der Waals surface area contributed by atoms with Crippen LogP contribution >= 0.6 is 11.8 Å². The van der Waals surface area contributed by atoms with Gasteiger partial charge in [0.2, 0.25) is 0 Å². The molecule has 3 N–H and O–H groups in total. The lowest BCUT2D eigenvalue weighted by molar-refractivity contribution is -0.00982. The molecule has 1 atom stereocenters. The van der Waals surface area contributed by atoms with E-state index in [-0.39, 0.29) is 11.2 Å². The monoisotopic (exact) mass is 600 g/mol. The summed E-state index contributed by atoms with van der Waals surface area (Å²) in [4.78, 5) is 24.1. The van der Waals surface area contributed by atoms with Gasteiger partial charge in [-0.3, -0.25) is 4.79 Å². The Morgan fingerprint density at radius 3 is 2.12 bits per heavy atom. The highest BCUT2D eigenvalue weighted by Crippen LogP contribution is 2.21. The lowest BCUT2D eigenvalue weighted by Gasteiger charge is -2.25. The van der Waals surface area contributed by atoms with Gasteiger partial charge in [0.25, 0.3) is 0 Å². The minimum Gasteiger partial charge on any atom is -0.453 e. The number of hydrogen-bond donors (Lipinski definition) is 2. The molecule has 2 aromatic rings. The van der Waals surface area contributed by atoms with Gasteiger partial charge in [-0.25, -0.2) is 4.79 Å². The first-order valence-corrected chi connectivity index (χ1v) is 15.1. The Hall–Kier alpha value is -2.91. The van der Waals surface area contributed by atoms with Crippen LogP contribution in [0.1, 0.15) is 55.6 Å². The molecule has 0 saturated carbocycles. The van der Waals surface area contributed by atoms with Crippen LogP contribution in [0.2, 0.25) is 0 Å². The van der Waals surface area contributed by atoms with Crippen molar-refractivity contribution in [1.82, 2.24) is 5.32 Å². The van der Waals surface area contributed by atoms with E-state index in [0.29, 0.717) is 51.9 Å². The Balaban J connectivity index is 0.000000761. The van der Waals surface area contributed by atoms with Crippen LogP contribution < -0.4 is 11.1 Å². The number of carbonyl (C=O) groups excluding carboxylic acids is 2. The molecular formula is C34H52N2O5S. The normalized spacial score (nSPS) is 11.2. The fraction of sp³-hybridized carbons (Fsp3) is 0.471. The summed E-state index contributed by atoms with van der Waals surface area (Å²) in [5, 5.41) is 2.55. The second kappa shape index (κ2) is 22.7. The highest BCUT2D eigenvalue weighted by atomic mass is 32.2. The van der Waals surface area contributed by atoms with Crippen LogP contribution in [-0.2, 0) is 14.2 Å². The van der Waals surface area contributed by atoms with Crippen LogP contribution in [0.15, 0.2) is 73.2 Å². The van der Waals surface area contributed by atoms with Crippen molar-refractivity contribution in [3.63, 3.8) is 0 Å². The number of carbonyl (C=O) groups is 2. The van der Waals surface area contributed by atoms with E-state index in [2.05, 4.69) is 81.8 Å². The lowest BCUT2D eigenvalue weighted by Crippen LogP contribution is -2.31. The van der Waals surface area contributed by atoms with Crippen molar-refractivity contribution >= 4 is 29.2 Å². The van der Waals surface area contributed by atoms with Crippen molar-refractivity contribution in [2.45, 2.75) is 45.9 Å². The maximum atomic E-state index is 12.1. The quantitative estimate of drug-likeness (QED) is 0.0910. The molecule has 0 saturated heterocycles. The number of ketones is 1. The van der Waals surface area contributed by atoms with Crippen molar-refractivity contribution in [1.29, 1.82) is 0 Å². The molecule has 0 bridgehead atoms. The second-order valence-electron chi connectivity index (χ2n) is 10.7. The zero-order chi connectivity index (χ0) is 32.0. The maximum Gasteiger partial charge on any atom is 0.406 e. The summed E-state index contributed by atoms with van der Waals surface area (Å²) in [5.74, 6) is 1.38. The van der Waals surface area contributed by atoms with Gasteiger partial charge in [0.05, 0.1) is 33.5 Å². The molecule has 7 nitrogen and oxygen atoms in total. The summed E-state index contributed by atoms with van der Waals surface area (Å²) in [6, 6.07) is 16.1. The molecule has 1 amide bonds. The fourth-order valence-electron chi connectivity index (χ4n) is 3.27. The Bertz CT molecular complexity index is 1040. The Morgan fingerprint density at radius 1 is 1.00 bits per heavy atom. The Morgan fingerprint density at radius 2 is 1.57 bits per heavy atom. The SMILES string of the molecule is C=C.C=C(C)c1ccc(C(=O)CCSc2ccc(C)cc2)cc1.COC(=O)NCCOCC(C)(C)COCC(C)CN. The molecule has 2 rings (SSSR count). The van der Waals surface area contributed by atoms with Gasteiger partial charge in [0.1, 0.15) is 0 Å². The smallest absolute Gasteiger partial charge is 0.406 e. The number of amides is 1. The summed E-state index contributed by atoms with van der Waals surface area (Å²) >= 11 is 1.73. The van der Waals surface area contributed by atoms with Crippen LogP contribution in [-0.4, -0.2) is 64.3 Å². The van der Waals surface area contributed by atoms with E-state index in [1.807, 2.05) is 31.2 Å². The number of benzene rings is 2. The van der Waals surface area contributed by atoms with Gasteiger partial charge in [-0.2, -0.15) is 0 Å². The van der Waals surface area contributed by atoms with Crippen LogP contribution in [0.25, 0.3) is 5.57 Å². The van der Waals surface area contributed by atoms with Crippen molar-refractivity contribution in [3.8, 4) is 0 Å². The second-order valence-corrected chi connectivity index (χ2v) is 11.9. The van der Waals surface area contributed by atoms with E-state index in [0.717, 1.165) is 22.5 Å². The molecule has 0 aromatic heterocycles. The number of rotatable bonds is 16. The predicted octanol–water partition coefficient (Wildman–Crippen LogP) is 7.19. The third kappa shape index (κ3) is 18.5. The molecular weight excluding hydrogens is 548 g/mol. The average molecular weight is 601 g/mol. The van der Waals surface area contributed by atoms with Crippen molar-refractivity contribution in [2.75, 3.05) is 52.4 Å². The van der Waals surface area contributed by atoms with Crippen molar-refractivity contribution < 1.29 is 23.8 Å². The lowest BCUT2D eigenvalue weighted by atomic mass is 9.96. The molecule has 0 aliphatic heterocycles. The summed E-state index contributed by atoms with van der Waals surface area (Å²) in [6.45, 7) is 23.6. The summed E-state index contributed by atoms with van der Waals surface area (Å²) < 4.78 is 15.6. The summed E-state index contributed by atoms with van der Waals surface area (Å²) in [5.41, 5.74) is 9.61. The number of hydrogen-bond acceptors (Lipinski definition) is 7. The van der Waals surface area contributed by atoms with Gasteiger partial charge in [-0.1, -0.05) is 74.9 Å². The minimum atomic E-state index is -0.443. The molecule has 8 heteroatoms. The number of ether oxygens (including phenoxy) is 3. The van der Waals surface area contributed by atoms with Crippen molar-refractivity contribution in [2.24, 2.45) is 17.1 Å². The van der Waals surface area contributed by atoms with Crippen LogP contribution in [0.3, 0.4) is 0 Å². The predicted molar refractivity (Wildman–Crippen MR) is 177 cm³/mol. The molecule has 0 aliphatic rings. The summed E-state index contributed by atoms with van der Waals surface area (Å²) in [6.07, 6.45) is 0.118. The standard InChI is InChI=1S/C19H20OS.C13H28N2O4.C2H4/c1-14(2)16-6-8-17(9-7-16)19(20)12-13-21-18-10-4-15(3)5-11-18;1-11(7-14)8-19-10-13(2,3)9-18-6-5-15-12(16)17-4;1-2/h4-11H,1,12-13H2,2-3H3;11H,5-10,14H2,1-4H3,(H,15,16);1-2H2. The third-order valence-corrected chi connectivity index (χ3v) is 6.82. The topological polar surface area (TPSA) is 99.9 Å². The fourth-order valence-corrected chi connectivity index (χ4v) is 4.12. The van der Waals surface area contributed by atoms with E-state index >= 15 is 0 Å². The van der Waals surface area contributed by atoms with Gasteiger partial charge < -0.3 is 25.3 Å². The molecule has 2 aromatic carbocycles. The molecule has 234 valence electrons. The van der Waals surface area contributed by atoms with E-state index < -0.39 is 6.09 Å². The average Bonchev–Trinajstić information content (AvgIpc) is 2.98. The molecule has 0 aliphatic carbocycles. The van der Waals surface area contributed by atoms with Crippen LogP contribution in [0.4, 0.5) is 4.79 Å². The highest BCUT2D eigenvalue weighted by Gasteiger charge is 2.19. The van der Waals surface area contributed by atoms with Gasteiger partial charge in [0.15, 0.2) is 5.78 Å². The molecule has 42 heavy (non-hydrogen) atoms. The molecule has 0 radical (unpaired) electrons. The van der Waals surface area contributed by atoms with E-state index in [4.69, 9.17) is 15.2 Å². The number of thioether (sulfide) groups is 1. The zero-order valence-corrected chi connectivity index (χ0v) is 27.3. The first kappa shape index (κ1) is 39.1. The number of alkyl carbamates (subject to hydrolysis) is 1. The number of allylic oxidation sites excluding steroid dienone is 1. The third-order valence-electron chi connectivity index (χ3n) is 5.81. The van der Waals surface area contributed by atoms with Gasteiger partial charge in [0, 0.05) is 34.6 Å². The number of nitrogens with two attached hydrogens (primary N) is 1. The van der Waals surface area contributed by atoms with Crippen molar-refractivity contribution in [3.05, 3.63) is 85.0 Å². The number of aryl methyl sites for hydroxylation is 1. The van der Waals surface area contributed by atoms with Crippen LogP contribution in [0, 0.1) is 18.3 Å². The molecule has 0 spiro atoms. The largest absolute Gasteiger partial charge is 0.453 e. The number of Topliss-reactive ketones (excluding diaryl/α,β-unsaturated/α-hetero) is 1.